The molecular weight excluding hydrogens is 336 g/mol. The van der Waals surface area contributed by atoms with Gasteiger partial charge in [0.1, 0.15) is 16.7 Å². The van der Waals surface area contributed by atoms with Gasteiger partial charge in [0.25, 0.3) is 5.91 Å². The Bertz CT molecular complexity index is 757. The van der Waals surface area contributed by atoms with Crippen LogP contribution < -0.4 is 9.46 Å². The number of rotatable bonds is 7. The van der Waals surface area contributed by atoms with Crippen LogP contribution in [-0.4, -0.2) is 56.5 Å². The Morgan fingerprint density at radius 2 is 2.00 bits per heavy atom. The Hall–Kier alpha value is -2.13. The van der Waals surface area contributed by atoms with Gasteiger partial charge in [0.15, 0.2) is 0 Å². The van der Waals surface area contributed by atoms with Crippen molar-refractivity contribution in [2.45, 2.75) is 36.7 Å². The topological polar surface area (TPSA) is 113 Å². The monoisotopic (exact) mass is 356 g/mol. The van der Waals surface area contributed by atoms with E-state index in [9.17, 15) is 18.0 Å². The summed E-state index contributed by atoms with van der Waals surface area (Å²) in [5.41, 5.74) is 0.0718. The Morgan fingerprint density at radius 3 is 2.50 bits per heavy atom. The molecule has 1 aromatic carbocycles. The molecule has 0 aromatic heterocycles. The van der Waals surface area contributed by atoms with E-state index in [1.165, 1.54) is 39.3 Å². The second-order valence-corrected chi connectivity index (χ2v) is 7.37. The molecule has 1 atom stereocenters. The Kier molecular flexibility index (Phi) is 5.14. The van der Waals surface area contributed by atoms with E-state index in [4.69, 9.17) is 9.84 Å². The number of hydrogen-bond donors (Lipinski definition) is 2. The van der Waals surface area contributed by atoms with Gasteiger partial charge in [-0.05, 0) is 38.0 Å². The predicted molar refractivity (Wildman–Crippen MR) is 85.5 cm³/mol. The van der Waals surface area contributed by atoms with Crippen molar-refractivity contribution in [3.05, 3.63) is 23.8 Å². The lowest BCUT2D eigenvalue weighted by molar-refractivity contribution is -0.141. The molecule has 1 aromatic rings. The lowest BCUT2D eigenvalue weighted by Gasteiger charge is -2.22. The molecule has 1 amide bonds. The first-order chi connectivity index (χ1) is 11.2. The maximum Gasteiger partial charge on any atom is 0.326 e. The van der Waals surface area contributed by atoms with E-state index >= 15 is 0 Å². The average Bonchev–Trinajstić information content (AvgIpc) is 3.35. The molecule has 0 saturated heterocycles. The third-order valence-electron chi connectivity index (χ3n) is 3.86. The number of hydrogen-bond acceptors (Lipinski definition) is 5. The van der Waals surface area contributed by atoms with E-state index in [-0.39, 0.29) is 22.3 Å². The number of methoxy groups -OCH3 is 1. The minimum absolute atomic E-state index is 0.0718. The summed E-state index contributed by atoms with van der Waals surface area (Å²) in [7, 11) is -1.13. The minimum Gasteiger partial charge on any atom is -0.495 e. The summed E-state index contributed by atoms with van der Waals surface area (Å²) in [5.74, 6) is -1.62. The summed E-state index contributed by atoms with van der Waals surface area (Å²) in [5, 5.41) is 9.00. The summed E-state index contributed by atoms with van der Waals surface area (Å²) < 4.78 is 32.5. The molecule has 0 radical (unpaired) electrons. The molecule has 0 heterocycles. The molecule has 1 aliphatic rings. The molecule has 2 N–H and O–H groups in total. The molecule has 1 fully saturated rings. The molecule has 1 saturated carbocycles. The molecule has 9 heteroatoms. The maximum absolute atomic E-state index is 12.4. The zero-order valence-electron chi connectivity index (χ0n) is 13.6. The molecule has 0 bridgehead atoms. The first-order valence-corrected chi connectivity index (χ1v) is 8.86. The Balaban J connectivity index is 2.37. The molecule has 132 valence electrons. The molecule has 0 aliphatic heterocycles. The second kappa shape index (κ2) is 6.78. The number of amides is 1. The van der Waals surface area contributed by atoms with Crippen molar-refractivity contribution >= 4 is 21.9 Å². The number of carbonyl (C=O) groups is 2. The number of nitrogens with zero attached hydrogens (tertiary/aromatic N) is 1. The van der Waals surface area contributed by atoms with Gasteiger partial charge in [-0.3, -0.25) is 4.79 Å². The summed E-state index contributed by atoms with van der Waals surface area (Å²) in [4.78, 5) is 24.3. The number of benzene rings is 1. The van der Waals surface area contributed by atoms with Gasteiger partial charge in [-0.15, -0.1) is 0 Å². The van der Waals surface area contributed by atoms with Crippen LogP contribution in [0.4, 0.5) is 0 Å². The van der Waals surface area contributed by atoms with Gasteiger partial charge < -0.3 is 14.7 Å². The molecule has 0 spiro atoms. The van der Waals surface area contributed by atoms with E-state index in [2.05, 4.69) is 4.72 Å². The Morgan fingerprint density at radius 1 is 1.38 bits per heavy atom. The highest BCUT2D eigenvalue weighted by molar-refractivity contribution is 7.89. The van der Waals surface area contributed by atoms with Crippen molar-refractivity contribution in [3.8, 4) is 5.75 Å². The van der Waals surface area contributed by atoms with E-state index < -0.39 is 27.9 Å². The minimum atomic E-state index is -3.82. The number of carboxylic acid groups (broad SMARTS) is 1. The summed E-state index contributed by atoms with van der Waals surface area (Å²) >= 11 is 0. The van der Waals surface area contributed by atoms with Crippen molar-refractivity contribution in [1.82, 2.24) is 9.62 Å². The summed E-state index contributed by atoms with van der Waals surface area (Å²) in [6.07, 6.45) is 1.55. The number of carboxylic acids is 1. The van der Waals surface area contributed by atoms with Crippen molar-refractivity contribution in [1.29, 1.82) is 0 Å². The van der Waals surface area contributed by atoms with Crippen molar-refractivity contribution in [3.63, 3.8) is 0 Å². The third kappa shape index (κ3) is 3.85. The number of ether oxygens (including phenoxy) is 1. The van der Waals surface area contributed by atoms with Crippen LogP contribution in [0.1, 0.15) is 30.1 Å². The zero-order chi connectivity index (χ0) is 18.1. The molecule has 24 heavy (non-hydrogen) atoms. The van der Waals surface area contributed by atoms with Crippen LogP contribution in [-0.2, 0) is 14.8 Å². The largest absolute Gasteiger partial charge is 0.495 e. The van der Waals surface area contributed by atoms with Crippen molar-refractivity contribution in [2.24, 2.45) is 0 Å². The number of sulfonamides is 1. The SMILES string of the molecule is COc1ccc(C(=O)N(C)C(C)C(=O)O)cc1S(=O)(=O)NC1CC1. The highest BCUT2D eigenvalue weighted by Crippen LogP contribution is 2.28. The summed E-state index contributed by atoms with van der Waals surface area (Å²) in [6.45, 7) is 1.37. The Labute approximate surface area is 140 Å². The maximum atomic E-state index is 12.4. The second-order valence-electron chi connectivity index (χ2n) is 5.69. The van der Waals surface area contributed by atoms with Crippen molar-refractivity contribution < 1.29 is 27.9 Å². The van der Waals surface area contributed by atoms with Gasteiger partial charge in [0, 0.05) is 18.7 Å². The van der Waals surface area contributed by atoms with Gasteiger partial charge in [-0.2, -0.15) is 0 Å². The van der Waals surface area contributed by atoms with Crippen LogP contribution in [0.15, 0.2) is 23.1 Å². The van der Waals surface area contributed by atoms with Crippen LogP contribution >= 0.6 is 0 Å². The van der Waals surface area contributed by atoms with E-state index in [0.717, 1.165) is 17.7 Å². The van der Waals surface area contributed by atoms with Crippen LogP contribution in [0.25, 0.3) is 0 Å². The number of carbonyl (C=O) groups excluding carboxylic acids is 1. The van der Waals surface area contributed by atoms with E-state index in [0.29, 0.717) is 0 Å². The highest BCUT2D eigenvalue weighted by Gasteiger charge is 2.31. The first-order valence-electron chi connectivity index (χ1n) is 7.37. The number of likely N-dealkylation sites (N-methyl/N-ethyl adjacent to an activating group) is 1. The van der Waals surface area contributed by atoms with Gasteiger partial charge in [0.2, 0.25) is 10.0 Å². The molecular formula is C15H20N2O6S. The van der Waals surface area contributed by atoms with Gasteiger partial charge in [0.05, 0.1) is 7.11 Å². The fourth-order valence-electron chi connectivity index (χ4n) is 2.05. The molecule has 8 nitrogen and oxygen atoms in total. The van der Waals surface area contributed by atoms with E-state index in [1.807, 2.05) is 0 Å². The average molecular weight is 356 g/mol. The van der Waals surface area contributed by atoms with E-state index in [1.54, 1.807) is 0 Å². The fourth-order valence-corrected chi connectivity index (χ4v) is 3.55. The number of aliphatic carboxylic acids is 1. The normalized spacial score (nSPS) is 15.6. The third-order valence-corrected chi connectivity index (χ3v) is 5.40. The zero-order valence-corrected chi connectivity index (χ0v) is 14.5. The smallest absolute Gasteiger partial charge is 0.326 e. The highest BCUT2D eigenvalue weighted by atomic mass is 32.2. The summed E-state index contributed by atoms with van der Waals surface area (Å²) in [6, 6.07) is 2.87. The first kappa shape index (κ1) is 18.2. The quantitative estimate of drug-likeness (QED) is 0.743. The lowest BCUT2D eigenvalue weighted by Crippen LogP contribution is -2.40. The van der Waals surface area contributed by atoms with Gasteiger partial charge in [-0.1, -0.05) is 0 Å². The van der Waals surface area contributed by atoms with Gasteiger partial charge >= 0.3 is 5.97 Å². The van der Waals surface area contributed by atoms with Gasteiger partial charge in [-0.25, -0.2) is 17.9 Å². The predicted octanol–water partition coefficient (Wildman–Crippen LogP) is 0.681. The van der Waals surface area contributed by atoms with Crippen molar-refractivity contribution in [2.75, 3.05) is 14.2 Å². The molecule has 1 unspecified atom stereocenters. The van der Waals surface area contributed by atoms with Crippen LogP contribution in [0.3, 0.4) is 0 Å². The number of nitrogens with one attached hydrogen (secondary N) is 1. The molecule has 1 aliphatic carbocycles. The fraction of sp³-hybridized carbons (Fsp3) is 0.467. The van der Waals surface area contributed by atoms with Crippen LogP contribution in [0.2, 0.25) is 0 Å². The standard InChI is InChI=1S/C15H20N2O6S/c1-9(15(19)20)17(2)14(18)10-4-7-12(23-3)13(8-10)24(21,22)16-11-5-6-11/h4,7-9,11,16H,5-6H2,1-3H3,(H,19,20). The van der Waals surface area contributed by atoms with Crippen LogP contribution in [0.5, 0.6) is 5.75 Å². The molecule has 2 rings (SSSR count). The lowest BCUT2D eigenvalue weighted by atomic mass is 10.1. The van der Waals surface area contributed by atoms with Crippen LogP contribution in [0, 0.1) is 0 Å².